The van der Waals surface area contributed by atoms with Gasteiger partial charge in [0, 0.05) is 32.7 Å². The fourth-order valence-electron chi connectivity index (χ4n) is 1.97. The number of hydrogen-bond acceptors (Lipinski definition) is 3. The van der Waals surface area contributed by atoms with Gasteiger partial charge >= 0.3 is 0 Å². The largest absolute Gasteiger partial charge is 0.491 e. The van der Waals surface area contributed by atoms with E-state index in [0.29, 0.717) is 0 Å². The zero-order chi connectivity index (χ0) is 11.9. The van der Waals surface area contributed by atoms with Crippen molar-refractivity contribution in [3.63, 3.8) is 0 Å². The Labute approximate surface area is 102 Å². The SMILES string of the molecule is FCCOc1ccc(CN2CCNCC2)cc1. The van der Waals surface area contributed by atoms with Gasteiger partial charge in [0.05, 0.1) is 0 Å². The molecule has 0 bridgehead atoms. The normalized spacial score (nSPS) is 17.0. The van der Waals surface area contributed by atoms with Crippen LogP contribution >= 0.6 is 0 Å². The molecule has 0 unspecified atom stereocenters. The molecular formula is C13H19FN2O. The third-order valence-electron chi connectivity index (χ3n) is 2.89. The van der Waals surface area contributed by atoms with Crippen LogP contribution < -0.4 is 10.1 Å². The monoisotopic (exact) mass is 238 g/mol. The molecule has 0 spiro atoms. The molecule has 1 fully saturated rings. The molecule has 17 heavy (non-hydrogen) atoms. The molecule has 1 aliphatic rings. The number of ether oxygens (including phenoxy) is 1. The molecule has 0 aromatic heterocycles. The van der Waals surface area contributed by atoms with E-state index in [2.05, 4.69) is 22.3 Å². The van der Waals surface area contributed by atoms with E-state index >= 15 is 0 Å². The first-order valence-electron chi connectivity index (χ1n) is 6.09. The van der Waals surface area contributed by atoms with Crippen molar-refractivity contribution >= 4 is 0 Å². The van der Waals surface area contributed by atoms with Crippen molar-refractivity contribution in [1.29, 1.82) is 0 Å². The molecule has 1 saturated heterocycles. The Kier molecular flexibility index (Phi) is 4.76. The van der Waals surface area contributed by atoms with Crippen LogP contribution in [0.2, 0.25) is 0 Å². The second kappa shape index (κ2) is 6.57. The fraction of sp³-hybridized carbons (Fsp3) is 0.538. The lowest BCUT2D eigenvalue weighted by molar-refractivity contribution is 0.233. The maximum absolute atomic E-state index is 11.9. The van der Waals surface area contributed by atoms with Crippen molar-refractivity contribution in [2.45, 2.75) is 6.54 Å². The first-order chi connectivity index (χ1) is 8.38. The molecule has 1 aromatic carbocycles. The highest BCUT2D eigenvalue weighted by molar-refractivity contribution is 5.27. The molecule has 0 aliphatic carbocycles. The standard InChI is InChI=1S/C13H19FN2O/c14-5-10-17-13-3-1-12(2-4-13)11-16-8-6-15-7-9-16/h1-4,15H,5-11H2. The van der Waals surface area contributed by atoms with Gasteiger partial charge in [-0.25, -0.2) is 4.39 Å². The van der Waals surface area contributed by atoms with Crippen LogP contribution in [0.4, 0.5) is 4.39 Å². The van der Waals surface area contributed by atoms with E-state index in [4.69, 9.17) is 4.74 Å². The highest BCUT2D eigenvalue weighted by Crippen LogP contribution is 2.13. The smallest absolute Gasteiger partial charge is 0.123 e. The Balaban J connectivity index is 1.84. The second-order valence-electron chi connectivity index (χ2n) is 4.21. The van der Waals surface area contributed by atoms with E-state index in [1.165, 1.54) is 5.56 Å². The van der Waals surface area contributed by atoms with Crippen molar-refractivity contribution in [2.24, 2.45) is 0 Å². The summed E-state index contributed by atoms with van der Waals surface area (Å²) in [6.07, 6.45) is 0. The van der Waals surface area contributed by atoms with Crippen LogP contribution in [0.5, 0.6) is 5.75 Å². The van der Waals surface area contributed by atoms with Crippen LogP contribution in [0.1, 0.15) is 5.56 Å². The molecule has 0 amide bonds. The molecule has 0 radical (unpaired) electrons. The van der Waals surface area contributed by atoms with Gasteiger partial charge in [-0.2, -0.15) is 0 Å². The quantitative estimate of drug-likeness (QED) is 0.840. The third kappa shape index (κ3) is 3.98. The van der Waals surface area contributed by atoms with Crippen LogP contribution in [0.15, 0.2) is 24.3 Å². The minimum atomic E-state index is -0.442. The predicted molar refractivity (Wildman–Crippen MR) is 66.1 cm³/mol. The average molecular weight is 238 g/mol. The number of hydrogen-bond donors (Lipinski definition) is 1. The molecular weight excluding hydrogens is 219 g/mol. The van der Waals surface area contributed by atoms with Gasteiger partial charge in [0.15, 0.2) is 0 Å². The molecule has 1 N–H and O–H groups in total. The zero-order valence-corrected chi connectivity index (χ0v) is 9.99. The van der Waals surface area contributed by atoms with Gasteiger partial charge in [-0.1, -0.05) is 12.1 Å². The van der Waals surface area contributed by atoms with Crippen LogP contribution in [0.25, 0.3) is 0 Å². The lowest BCUT2D eigenvalue weighted by Gasteiger charge is -2.27. The van der Waals surface area contributed by atoms with E-state index in [9.17, 15) is 4.39 Å². The Bertz CT molecular complexity index is 323. The average Bonchev–Trinajstić information content (AvgIpc) is 2.39. The predicted octanol–water partition coefficient (Wildman–Crippen LogP) is 1.44. The summed E-state index contributed by atoms with van der Waals surface area (Å²) in [4.78, 5) is 2.42. The Morgan fingerprint density at radius 3 is 2.53 bits per heavy atom. The Morgan fingerprint density at radius 2 is 1.88 bits per heavy atom. The van der Waals surface area contributed by atoms with Gasteiger partial charge in [0.2, 0.25) is 0 Å². The minimum absolute atomic E-state index is 0.136. The third-order valence-corrected chi connectivity index (χ3v) is 2.89. The number of benzene rings is 1. The van der Waals surface area contributed by atoms with Crippen molar-refractivity contribution in [2.75, 3.05) is 39.5 Å². The van der Waals surface area contributed by atoms with E-state index in [1.807, 2.05) is 12.1 Å². The zero-order valence-electron chi connectivity index (χ0n) is 9.99. The van der Waals surface area contributed by atoms with E-state index < -0.39 is 6.67 Å². The van der Waals surface area contributed by atoms with Gasteiger partial charge in [-0.15, -0.1) is 0 Å². The highest BCUT2D eigenvalue weighted by atomic mass is 19.1. The topological polar surface area (TPSA) is 24.5 Å². The molecule has 1 aliphatic heterocycles. The first-order valence-corrected chi connectivity index (χ1v) is 6.09. The van der Waals surface area contributed by atoms with E-state index in [1.54, 1.807) is 0 Å². The maximum atomic E-state index is 11.9. The summed E-state index contributed by atoms with van der Waals surface area (Å²) in [5.74, 6) is 0.742. The summed E-state index contributed by atoms with van der Waals surface area (Å²) in [6, 6.07) is 7.92. The molecule has 3 nitrogen and oxygen atoms in total. The van der Waals surface area contributed by atoms with Gasteiger partial charge in [0.25, 0.3) is 0 Å². The van der Waals surface area contributed by atoms with Crippen LogP contribution in [0.3, 0.4) is 0 Å². The number of piperazine rings is 1. The highest BCUT2D eigenvalue weighted by Gasteiger charge is 2.09. The summed E-state index contributed by atoms with van der Waals surface area (Å²) >= 11 is 0. The summed E-state index contributed by atoms with van der Waals surface area (Å²) < 4.78 is 17.1. The van der Waals surface area contributed by atoms with Crippen LogP contribution in [-0.4, -0.2) is 44.4 Å². The van der Waals surface area contributed by atoms with Gasteiger partial charge < -0.3 is 10.1 Å². The van der Waals surface area contributed by atoms with E-state index in [0.717, 1.165) is 38.5 Å². The fourth-order valence-corrected chi connectivity index (χ4v) is 1.97. The van der Waals surface area contributed by atoms with Crippen molar-refractivity contribution in [1.82, 2.24) is 10.2 Å². The maximum Gasteiger partial charge on any atom is 0.123 e. The number of halogens is 1. The van der Waals surface area contributed by atoms with Gasteiger partial charge in [0.1, 0.15) is 19.0 Å². The lowest BCUT2D eigenvalue weighted by atomic mass is 10.2. The summed E-state index contributed by atoms with van der Waals surface area (Å²) in [6.45, 7) is 5.00. The van der Waals surface area contributed by atoms with Crippen LogP contribution in [-0.2, 0) is 6.54 Å². The Morgan fingerprint density at radius 1 is 1.18 bits per heavy atom. The van der Waals surface area contributed by atoms with Gasteiger partial charge in [-0.3, -0.25) is 4.90 Å². The molecule has 2 rings (SSSR count). The summed E-state index contributed by atoms with van der Waals surface area (Å²) in [5, 5.41) is 3.34. The lowest BCUT2D eigenvalue weighted by Crippen LogP contribution is -2.42. The van der Waals surface area contributed by atoms with Crippen molar-refractivity contribution < 1.29 is 9.13 Å². The summed E-state index contributed by atoms with van der Waals surface area (Å²) in [7, 11) is 0. The molecule has 0 atom stereocenters. The van der Waals surface area contributed by atoms with E-state index in [-0.39, 0.29) is 6.61 Å². The second-order valence-corrected chi connectivity index (χ2v) is 4.21. The molecule has 0 saturated carbocycles. The number of rotatable bonds is 5. The molecule has 94 valence electrons. The molecule has 1 aromatic rings. The van der Waals surface area contributed by atoms with Crippen molar-refractivity contribution in [3.05, 3.63) is 29.8 Å². The minimum Gasteiger partial charge on any atom is -0.491 e. The number of nitrogens with zero attached hydrogens (tertiary/aromatic N) is 1. The molecule has 1 heterocycles. The Hall–Kier alpha value is -1.13. The number of alkyl halides is 1. The van der Waals surface area contributed by atoms with Crippen molar-refractivity contribution in [3.8, 4) is 5.75 Å². The molecule has 4 heteroatoms. The number of nitrogens with one attached hydrogen (secondary N) is 1. The van der Waals surface area contributed by atoms with Crippen LogP contribution in [0, 0.1) is 0 Å². The first kappa shape index (κ1) is 12.3. The van der Waals surface area contributed by atoms with Gasteiger partial charge in [-0.05, 0) is 17.7 Å². The summed E-state index contributed by atoms with van der Waals surface area (Å²) in [5.41, 5.74) is 1.28.